The van der Waals surface area contributed by atoms with Crippen LogP contribution < -0.4 is 20.7 Å². The van der Waals surface area contributed by atoms with E-state index in [1.54, 1.807) is 0 Å². The predicted octanol–water partition coefficient (Wildman–Crippen LogP) is 8.81. The molecule has 4 aliphatic rings. The number of anilines is 4. The smallest absolute Gasteiger partial charge is 0.247 e. The van der Waals surface area contributed by atoms with Crippen LogP contribution in [0.25, 0.3) is 27.5 Å². The Kier molecular flexibility index (Phi) is 4.97. The Morgan fingerprint density at radius 2 is 1.06 bits per heavy atom. The number of aromatic nitrogens is 1. The molecule has 0 radical (unpaired) electrons. The second-order valence-corrected chi connectivity index (χ2v) is 13.3. The summed E-state index contributed by atoms with van der Waals surface area (Å²) in [6.07, 6.45) is 3.61. The minimum absolute atomic E-state index is 0.179. The van der Waals surface area contributed by atoms with Gasteiger partial charge in [0, 0.05) is 50.8 Å². The quantitative estimate of drug-likeness (QED) is 0.188. The highest BCUT2D eigenvalue weighted by Crippen LogP contribution is 2.67. The van der Waals surface area contributed by atoms with Crippen molar-refractivity contribution in [2.45, 2.75) is 12.0 Å². The lowest BCUT2D eigenvalue weighted by molar-refractivity contribution is 0.715. The molecule has 11 rings (SSSR count). The van der Waals surface area contributed by atoms with Crippen molar-refractivity contribution in [1.82, 2.24) is 4.57 Å². The molecule has 6 aromatic carbocycles. The van der Waals surface area contributed by atoms with Crippen LogP contribution in [-0.4, -0.2) is 16.8 Å². The molecule has 2 aliphatic carbocycles. The van der Waals surface area contributed by atoms with Crippen LogP contribution in [0.5, 0.6) is 0 Å². The molecule has 4 heteroatoms. The van der Waals surface area contributed by atoms with E-state index in [9.17, 15) is 0 Å². The van der Waals surface area contributed by atoms with Gasteiger partial charge in [-0.2, -0.15) is 0 Å². The number of fused-ring (bicyclic) bond motifs is 7. The molecule has 3 nitrogen and oxygen atoms in total. The third kappa shape index (κ3) is 3.22. The van der Waals surface area contributed by atoms with Gasteiger partial charge in [0.15, 0.2) is 0 Å². The summed E-state index contributed by atoms with van der Waals surface area (Å²) in [6.45, 7) is 0.179. The SMILES string of the molecule is C1=C(n2c3ccccc3c3ccccc32)[C@@H]2CC23C2=C1N(c1ccccc1)c1ccccc1B2c1ccccc1N3c1ccccc1. The lowest BCUT2D eigenvalue weighted by Gasteiger charge is -2.51. The summed E-state index contributed by atoms with van der Waals surface area (Å²) in [4.78, 5) is 5.25. The summed E-state index contributed by atoms with van der Waals surface area (Å²) in [5.41, 5.74) is 14.3. The number of para-hydroxylation sites is 6. The Balaban J connectivity index is 1.29. The van der Waals surface area contributed by atoms with Crippen LogP contribution in [-0.2, 0) is 0 Å². The molecule has 2 aliphatic heterocycles. The van der Waals surface area contributed by atoms with Gasteiger partial charge in [0.05, 0.1) is 16.6 Å². The van der Waals surface area contributed by atoms with Gasteiger partial charge in [-0.05, 0) is 77.4 Å². The van der Waals surface area contributed by atoms with Crippen molar-refractivity contribution in [1.29, 1.82) is 0 Å². The topological polar surface area (TPSA) is 11.4 Å². The average molecular weight is 600 g/mol. The lowest BCUT2D eigenvalue weighted by Crippen LogP contribution is -2.63. The first-order valence-corrected chi connectivity index (χ1v) is 16.7. The second-order valence-electron chi connectivity index (χ2n) is 13.3. The summed E-state index contributed by atoms with van der Waals surface area (Å²) in [7, 11) is 0. The highest BCUT2D eigenvalue weighted by molar-refractivity contribution is 6.94. The third-order valence-electron chi connectivity index (χ3n) is 11.1. The molecule has 1 unspecified atom stereocenters. The molecular weight excluding hydrogens is 569 g/mol. The van der Waals surface area contributed by atoms with Crippen molar-refractivity contribution in [3.63, 3.8) is 0 Å². The van der Waals surface area contributed by atoms with Crippen LogP contribution in [0, 0.1) is 5.92 Å². The number of nitrogens with zero attached hydrogens (tertiary/aromatic N) is 3. The molecule has 1 spiro atoms. The molecule has 2 atom stereocenters. The van der Waals surface area contributed by atoms with E-state index >= 15 is 0 Å². The van der Waals surface area contributed by atoms with Crippen LogP contribution in [0.2, 0.25) is 0 Å². The van der Waals surface area contributed by atoms with Gasteiger partial charge < -0.3 is 14.4 Å². The molecule has 0 N–H and O–H groups in total. The maximum atomic E-state index is 2.71. The van der Waals surface area contributed by atoms with Gasteiger partial charge >= 0.3 is 0 Å². The van der Waals surface area contributed by atoms with E-state index in [-0.39, 0.29) is 12.3 Å². The molecule has 1 fully saturated rings. The first-order valence-electron chi connectivity index (χ1n) is 16.7. The van der Waals surface area contributed by atoms with E-state index in [0.717, 1.165) is 6.42 Å². The fraction of sp³-hybridized carbons (Fsp3) is 0.0698. The monoisotopic (exact) mass is 599 g/mol. The molecule has 7 aromatic rings. The van der Waals surface area contributed by atoms with Crippen LogP contribution >= 0.6 is 0 Å². The van der Waals surface area contributed by atoms with Crippen molar-refractivity contribution in [2.24, 2.45) is 5.92 Å². The van der Waals surface area contributed by atoms with Gasteiger partial charge in [-0.3, -0.25) is 0 Å². The first kappa shape index (κ1) is 25.5. The van der Waals surface area contributed by atoms with E-state index in [4.69, 9.17) is 0 Å². The third-order valence-corrected chi connectivity index (χ3v) is 11.1. The second kappa shape index (κ2) is 9.17. The maximum Gasteiger partial charge on any atom is 0.247 e. The van der Waals surface area contributed by atoms with E-state index < -0.39 is 0 Å². The molecule has 0 saturated heterocycles. The van der Waals surface area contributed by atoms with Crippen LogP contribution in [0.4, 0.5) is 22.7 Å². The zero-order valence-corrected chi connectivity index (χ0v) is 25.8. The fourth-order valence-corrected chi connectivity index (χ4v) is 9.31. The Morgan fingerprint density at radius 3 is 1.74 bits per heavy atom. The van der Waals surface area contributed by atoms with Gasteiger partial charge in [0.2, 0.25) is 6.71 Å². The number of benzene rings is 6. The number of rotatable bonds is 3. The summed E-state index contributed by atoms with van der Waals surface area (Å²) in [5, 5.41) is 2.61. The van der Waals surface area contributed by atoms with Crippen LogP contribution in [0.3, 0.4) is 0 Å². The van der Waals surface area contributed by atoms with Gasteiger partial charge in [-0.15, -0.1) is 0 Å². The predicted molar refractivity (Wildman–Crippen MR) is 197 cm³/mol. The average Bonchev–Trinajstić information content (AvgIpc) is 3.79. The zero-order chi connectivity index (χ0) is 30.7. The molecule has 3 heterocycles. The lowest BCUT2D eigenvalue weighted by atomic mass is 9.31. The van der Waals surface area contributed by atoms with Crippen LogP contribution in [0.15, 0.2) is 175 Å². The standard InChI is InChI=1S/C43H30BN3/c1-3-15-29(16-4-1)45-38-25-13-9-21-34(38)44-35-22-10-14-26-39(35)47(30-17-5-2-6-18-30)43-28-33(43)40(27-41(45)42(43)44)46-36-23-11-7-19-31(36)32-20-8-12-24-37(32)46/h1-27,33H,28H2/t33-,43?/m0/s1. The van der Waals surface area contributed by atoms with Crippen molar-refractivity contribution in [3.8, 4) is 0 Å². The Hall–Kier alpha value is -5.74. The summed E-state index contributed by atoms with van der Waals surface area (Å²) < 4.78 is 2.58. The summed E-state index contributed by atoms with van der Waals surface area (Å²) >= 11 is 0. The Labute approximate surface area is 274 Å². The largest absolute Gasteiger partial charge is 0.332 e. The minimum atomic E-state index is -0.202. The Morgan fingerprint density at radius 1 is 0.532 bits per heavy atom. The molecular formula is C43H30BN3. The number of hydrogen-bond acceptors (Lipinski definition) is 2. The van der Waals surface area contributed by atoms with Crippen molar-refractivity contribution >= 4 is 67.9 Å². The van der Waals surface area contributed by atoms with Crippen LogP contribution in [0.1, 0.15) is 6.42 Å². The first-order chi connectivity index (χ1) is 23.3. The molecule has 1 saturated carbocycles. The van der Waals surface area contributed by atoms with Crippen molar-refractivity contribution in [3.05, 3.63) is 175 Å². The van der Waals surface area contributed by atoms with E-state index in [2.05, 4.69) is 178 Å². The molecule has 0 bridgehead atoms. The van der Waals surface area contributed by atoms with Crippen molar-refractivity contribution in [2.75, 3.05) is 9.80 Å². The summed E-state index contributed by atoms with van der Waals surface area (Å²) in [6, 6.07) is 58.2. The highest BCUT2D eigenvalue weighted by atomic mass is 15.3. The summed E-state index contributed by atoms with van der Waals surface area (Å²) in [5.74, 6) is 0.319. The normalized spacial score (nSPS) is 20.5. The molecule has 1 aromatic heterocycles. The van der Waals surface area contributed by atoms with E-state index in [0.29, 0.717) is 5.92 Å². The molecule has 220 valence electrons. The Bertz CT molecular complexity index is 2420. The van der Waals surface area contributed by atoms with E-state index in [1.165, 1.54) is 72.3 Å². The fourth-order valence-electron chi connectivity index (χ4n) is 9.31. The molecule has 47 heavy (non-hydrogen) atoms. The van der Waals surface area contributed by atoms with Crippen molar-refractivity contribution < 1.29 is 0 Å². The maximum absolute atomic E-state index is 2.71. The van der Waals surface area contributed by atoms with Gasteiger partial charge in [-0.25, -0.2) is 0 Å². The zero-order valence-electron chi connectivity index (χ0n) is 25.8. The van der Waals surface area contributed by atoms with Gasteiger partial charge in [0.25, 0.3) is 0 Å². The number of allylic oxidation sites excluding steroid dienone is 1. The van der Waals surface area contributed by atoms with Gasteiger partial charge in [-0.1, -0.05) is 109 Å². The number of hydrogen-bond donors (Lipinski definition) is 0. The minimum Gasteiger partial charge on any atom is -0.332 e. The van der Waals surface area contributed by atoms with E-state index in [1.807, 2.05) is 0 Å². The molecule has 0 amide bonds. The van der Waals surface area contributed by atoms with Gasteiger partial charge in [0.1, 0.15) is 0 Å². The highest BCUT2D eigenvalue weighted by Gasteiger charge is 2.70.